The van der Waals surface area contributed by atoms with Crippen LogP contribution in [0.2, 0.25) is 0 Å². The van der Waals surface area contributed by atoms with Crippen LogP contribution in [0.1, 0.15) is 6.92 Å². The van der Waals surface area contributed by atoms with E-state index in [4.69, 9.17) is 0 Å². The second-order valence-corrected chi connectivity index (χ2v) is 3.27. The maximum atomic E-state index is 4.31. The number of imidazole rings is 1. The van der Waals surface area contributed by atoms with Crippen molar-refractivity contribution in [3.63, 3.8) is 0 Å². The predicted octanol–water partition coefficient (Wildman–Crippen LogP) is 0.427. The molecule has 3 rings (SSSR count). The molecule has 0 saturated carbocycles. The minimum absolute atomic E-state index is 0.696. The number of nitrogens with zero attached hydrogens (tertiary/aromatic N) is 7. The molecule has 0 fully saturated rings. The first-order chi connectivity index (χ1) is 7.90. The second kappa shape index (κ2) is 3.37. The molecule has 0 bridgehead atoms. The lowest BCUT2D eigenvalue weighted by molar-refractivity contribution is 0.777. The molecule has 0 aliphatic carbocycles. The summed E-state index contributed by atoms with van der Waals surface area (Å²) in [5, 5.41) is 7.50. The number of aromatic nitrogens is 7. The lowest BCUT2D eigenvalue weighted by atomic mass is 10.5. The maximum Gasteiger partial charge on any atom is 0.170 e. The van der Waals surface area contributed by atoms with E-state index >= 15 is 0 Å². The third-order valence-electron chi connectivity index (χ3n) is 2.39. The van der Waals surface area contributed by atoms with E-state index in [1.165, 1.54) is 6.33 Å². The van der Waals surface area contributed by atoms with Crippen molar-refractivity contribution in [1.29, 1.82) is 0 Å². The van der Waals surface area contributed by atoms with Crippen LogP contribution in [-0.4, -0.2) is 34.3 Å². The molecule has 3 aromatic rings. The summed E-state index contributed by atoms with van der Waals surface area (Å²) in [6.07, 6.45) is 6.46. The van der Waals surface area contributed by atoms with Crippen LogP contribution in [0.25, 0.3) is 17.0 Å². The van der Waals surface area contributed by atoms with Crippen LogP contribution in [0, 0.1) is 0 Å². The minimum Gasteiger partial charge on any atom is -0.315 e. The number of hydrogen-bond donors (Lipinski definition) is 0. The van der Waals surface area contributed by atoms with Gasteiger partial charge in [-0.05, 0) is 6.92 Å². The summed E-state index contributed by atoms with van der Waals surface area (Å²) in [6.45, 7) is 2.87. The molecule has 0 saturated heterocycles. The monoisotopic (exact) mass is 215 g/mol. The lowest BCUT2D eigenvalue weighted by Gasteiger charge is -2.01. The largest absolute Gasteiger partial charge is 0.315 e. The first kappa shape index (κ1) is 8.96. The molecular formula is C9H9N7. The highest BCUT2D eigenvalue weighted by molar-refractivity contribution is 5.78. The van der Waals surface area contributed by atoms with Gasteiger partial charge < -0.3 is 4.57 Å². The lowest BCUT2D eigenvalue weighted by Crippen LogP contribution is -1.99. The Bertz CT molecular complexity index is 610. The van der Waals surface area contributed by atoms with Gasteiger partial charge in [0.05, 0.1) is 6.33 Å². The molecule has 0 aliphatic rings. The summed E-state index contributed by atoms with van der Waals surface area (Å²) in [6, 6.07) is 0. The van der Waals surface area contributed by atoms with E-state index < -0.39 is 0 Å². The normalized spacial score (nSPS) is 11.1. The first-order valence-electron chi connectivity index (χ1n) is 4.91. The van der Waals surface area contributed by atoms with E-state index in [9.17, 15) is 0 Å². The molecule has 0 unspecified atom stereocenters. The third-order valence-corrected chi connectivity index (χ3v) is 2.39. The quantitative estimate of drug-likeness (QED) is 0.619. The van der Waals surface area contributed by atoms with Gasteiger partial charge in [-0.15, -0.1) is 10.2 Å². The van der Waals surface area contributed by atoms with Gasteiger partial charge >= 0.3 is 0 Å². The number of aryl methyl sites for hydroxylation is 1. The molecule has 3 aromatic heterocycles. The van der Waals surface area contributed by atoms with E-state index in [2.05, 4.69) is 25.1 Å². The Morgan fingerprint density at radius 1 is 1.06 bits per heavy atom. The molecule has 3 heterocycles. The van der Waals surface area contributed by atoms with Crippen molar-refractivity contribution in [2.45, 2.75) is 13.5 Å². The second-order valence-electron chi connectivity index (χ2n) is 3.27. The number of fused-ring (bicyclic) bond motifs is 1. The van der Waals surface area contributed by atoms with Gasteiger partial charge in [0.2, 0.25) is 0 Å². The SMILES string of the molecule is CCn1cnc2c(-n3cnnc3)ncnc21. The van der Waals surface area contributed by atoms with E-state index in [0.29, 0.717) is 5.82 Å². The van der Waals surface area contributed by atoms with Crippen LogP contribution in [0.15, 0.2) is 25.3 Å². The summed E-state index contributed by atoms with van der Waals surface area (Å²) in [4.78, 5) is 12.7. The fraction of sp³-hybridized carbons (Fsp3) is 0.222. The van der Waals surface area contributed by atoms with Gasteiger partial charge in [0, 0.05) is 6.54 Å². The van der Waals surface area contributed by atoms with Crippen molar-refractivity contribution in [3.05, 3.63) is 25.3 Å². The highest BCUT2D eigenvalue weighted by atomic mass is 15.3. The summed E-state index contributed by atoms with van der Waals surface area (Å²) in [5.74, 6) is 0.696. The average Bonchev–Trinajstić information content (AvgIpc) is 2.97. The molecule has 16 heavy (non-hydrogen) atoms. The summed E-state index contributed by atoms with van der Waals surface area (Å²) < 4.78 is 3.68. The van der Waals surface area contributed by atoms with Gasteiger partial charge in [0.25, 0.3) is 0 Å². The van der Waals surface area contributed by atoms with Gasteiger partial charge in [-0.25, -0.2) is 15.0 Å². The molecule has 0 radical (unpaired) electrons. The Kier molecular flexibility index (Phi) is 1.89. The standard InChI is InChI=1S/C9H9N7/c1-2-15-4-12-7-8(15)10-3-11-9(7)16-5-13-14-6-16/h3-6H,2H2,1H3. The molecule has 0 aliphatic heterocycles. The molecule has 0 aromatic carbocycles. The van der Waals surface area contributed by atoms with Crippen molar-refractivity contribution >= 4 is 11.2 Å². The van der Waals surface area contributed by atoms with Gasteiger partial charge in [0.1, 0.15) is 19.0 Å². The van der Waals surface area contributed by atoms with E-state index in [0.717, 1.165) is 17.7 Å². The zero-order valence-corrected chi connectivity index (χ0v) is 8.65. The molecular weight excluding hydrogens is 206 g/mol. The topological polar surface area (TPSA) is 74.3 Å². The maximum absolute atomic E-state index is 4.31. The van der Waals surface area contributed by atoms with Crippen LogP contribution in [0.5, 0.6) is 0 Å². The Morgan fingerprint density at radius 2 is 1.88 bits per heavy atom. The highest BCUT2D eigenvalue weighted by Crippen LogP contribution is 2.15. The average molecular weight is 215 g/mol. The molecule has 7 heteroatoms. The van der Waals surface area contributed by atoms with E-state index in [1.54, 1.807) is 23.5 Å². The Balaban J connectivity index is 2.30. The van der Waals surface area contributed by atoms with Crippen LogP contribution in [0.3, 0.4) is 0 Å². The summed E-state index contributed by atoms with van der Waals surface area (Å²) in [7, 11) is 0. The molecule has 7 nitrogen and oxygen atoms in total. The Hall–Kier alpha value is -2.31. The minimum atomic E-state index is 0.696. The third kappa shape index (κ3) is 1.18. The number of rotatable bonds is 2. The van der Waals surface area contributed by atoms with Gasteiger partial charge in [-0.2, -0.15) is 0 Å². The van der Waals surface area contributed by atoms with Gasteiger partial charge in [0.15, 0.2) is 17.0 Å². The fourth-order valence-corrected chi connectivity index (χ4v) is 1.60. The van der Waals surface area contributed by atoms with E-state index in [-0.39, 0.29) is 0 Å². The summed E-state index contributed by atoms with van der Waals surface area (Å²) in [5.41, 5.74) is 1.57. The summed E-state index contributed by atoms with van der Waals surface area (Å²) >= 11 is 0. The molecule has 0 N–H and O–H groups in total. The van der Waals surface area contributed by atoms with Crippen LogP contribution >= 0.6 is 0 Å². The van der Waals surface area contributed by atoms with Crippen molar-refractivity contribution in [2.75, 3.05) is 0 Å². The zero-order chi connectivity index (χ0) is 11.0. The number of hydrogen-bond acceptors (Lipinski definition) is 5. The van der Waals surface area contributed by atoms with Crippen molar-refractivity contribution in [1.82, 2.24) is 34.3 Å². The fourth-order valence-electron chi connectivity index (χ4n) is 1.60. The smallest absolute Gasteiger partial charge is 0.170 e. The highest BCUT2D eigenvalue weighted by Gasteiger charge is 2.10. The molecule has 80 valence electrons. The van der Waals surface area contributed by atoms with Crippen LogP contribution < -0.4 is 0 Å². The zero-order valence-electron chi connectivity index (χ0n) is 8.65. The molecule has 0 spiro atoms. The predicted molar refractivity (Wildman–Crippen MR) is 55.9 cm³/mol. The molecule has 0 amide bonds. The van der Waals surface area contributed by atoms with Gasteiger partial charge in [-0.3, -0.25) is 4.57 Å². The van der Waals surface area contributed by atoms with E-state index in [1.807, 2.05) is 11.5 Å². The molecule has 0 atom stereocenters. The Morgan fingerprint density at radius 3 is 2.62 bits per heavy atom. The van der Waals surface area contributed by atoms with Gasteiger partial charge in [-0.1, -0.05) is 0 Å². The van der Waals surface area contributed by atoms with Crippen LogP contribution in [-0.2, 0) is 6.54 Å². The van der Waals surface area contributed by atoms with Crippen molar-refractivity contribution in [2.24, 2.45) is 0 Å². The van der Waals surface area contributed by atoms with Crippen molar-refractivity contribution in [3.8, 4) is 5.82 Å². The Labute approximate surface area is 90.8 Å². The van der Waals surface area contributed by atoms with Crippen LogP contribution in [0.4, 0.5) is 0 Å². The first-order valence-corrected chi connectivity index (χ1v) is 4.91. The van der Waals surface area contributed by atoms with Crippen molar-refractivity contribution < 1.29 is 0 Å².